The van der Waals surface area contributed by atoms with Crippen LogP contribution in [0.3, 0.4) is 0 Å². The molecule has 0 bridgehead atoms. The fourth-order valence-electron chi connectivity index (χ4n) is 1.71. The molecule has 4 nitrogen and oxygen atoms in total. The highest BCUT2D eigenvalue weighted by molar-refractivity contribution is 5.69. The lowest BCUT2D eigenvalue weighted by Gasteiger charge is -2.24. The summed E-state index contributed by atoms with van der Waals surface area (Å²) in [4.78, 5) is 11.0. The van der Waals surface area contributed by atoms with Gasteiger partial charge in [0, 0.05) is 19.2 Å². The van der Waals surface area contributed by atoms with Crippen LogP contribution < -0.4 is 5.32 Å². The zero-order valence-corrected chi connectivity index (χ0v) is 9.62. The zero-order chi connectivity index (χ0) is 11.1. The number of hydrogen-bond donors (Lipinski definition) is 1. The first kappa shape index (κ1) is 12.5. The maximum Gasteiger partial charge on any atom is 0.307 e. The minimum absolute atomic E-state index is 0.156. The van der Waals surface area contributed by atoms with Gasteiger partial charge in [-0.1, -0.05) is 0 Å². The Morgan fingerprint density at radius 3 is 3.00 bits per heavy atom. The number of carbonyl (C=O) groups excluding carboxylic acids is 1. The van der Waals surface area contributed by atoms with Gasteiger partial charge in [0.2, 0.25) is 0 Å². The van der Waals surface area contributed by atoms with E-state index in [2.05, 4.69) is 10.1 Å². The molecule has 0 aromatic rings. The summed E-state index contributed by atoms with van der Waals surface area (Å²) in [6.45, 7) is 3.69. The molecule has 88 valence electrons. The molecule has 15 heavy (non-hydrogen) atoms. The maximum atomic E-state index is 11.0. The highest BCUT2D eigenvalue weighted by atomic mass is 16.5. The molecule has 1 fully saturated rings. The molecule has 0 spiro atoms. The van der Waals surface area contributed by atoms with Crippen LogP contribution >= 0.6 is 0 Å². The lowest BCUT2D eigenvalue weighted by atomic mass is 10.1. The minimum Gasteiger partial charge on any atom is -0.469 e. The number of carbonyl (C=O) groups is 1. The summed E-state index contributed by atoms with van der Waals surface area (Å²) >= 11 is 0. The van der Waals surface area contributed by atoms with E-state index in [0.29, 0.717) is 12.5 Å². The molecule has 1 saturated heterocycles. The largest absolute Gasteiger partial charge is 0.469 e. The Balaban J connectivity index is 2.09. The van der Waals surface area contributed by atoms with Crippen LogP contribution in [-0.4, -0.2) is 38.4 Å². The van der Waals surface area contributed by atoms with Crippen molar-refractivity contribution in [3.05, 3.63) is 0 Å². The van der Waals surface area contributed by atoms with Gasteiger partial charge >= 0.3 is 5.97 Å². The number of nitrogens with one attached hydrogen (secondary N) is 1. The van der Waals surface area contributed by atoms with Gasteiger partial charge in [0.15, 0.2) is 0 Å². The quantitative estimate of drug-likeness (QED) is 0.698. The van der Waals surface area contributed by atoms with Crippen molar-refractivity contribution in [1.82, 2.24) is 5.32 Å². The van der Waals surface area contributed by atoms with Gasteiger partial charge in [0.1, 0.15) is 0 Å². The third-order valence-electron chi connectivity index (χ3n) is 2.67. The van der Waals surface area contributed by atoms with Crippen molar-refractivity contribution in [2.24, 2.45) is 0 Å². The first-order valence-corrected chi connectivity index (χ1v) is 5.64. The Kier molecular flexibility index (Phi) is 5.65. The third kappa shape index (κ3) is 5.14. The summed E-state index contributed by atoms with van der Waals surface area (Å²) in [5.41, 5.74) is 0. The van der Waals surface area contributed by atoms with Crippen molar-refractivity contribution < 1.29 is 14.3 Å². The highest BCUT2D eigenvalue weighted by Gasteiger charge is 2.15. The third-order valence-corrected chi connectivity index (χ3v) is 2.67. The molecule has 1 heterocycles. The molecule has 2 atom stereocenters. The Morgan fingerprint density at radius 2 is 2.40 bits per heavy atom. The van der Waals surface area contributed by atoms with Crippen molar-refractivity contribution >= 4 is 5.97 Å². The molecule has 2 unspecified atom stereocenters. The van der Waals surface area contributed by atoms with E-state index in [1.165, 1.54) is 20.0 Å². The standard InChI is InChI=1S/C11H21NO3/c1-9(7-11(13)14-2)12-8-10-5-3-4-6-15-10/h9-10,12H,3-8H2,1-2H3. The smallest absolute Gasteiger partial charge is 0.307 e. The molecule has 0 radical (unpaired) electrons. The van der Waals surface area contributed by atoms with Gasteiger partial charge in [-0.2, -0.15) is 0 Å². The molecule has 1 N–H and O–H groups in total. The predicted octanol–water partition coefficient (Wildman–Crippen LogP) is 1.10. The fourth-order valence-corrected chi connectivity index (χ4v) is 1.71. The number of methoxy groups -OCH3 is 1. The maximum absolute atomic E-state index is 11.0. The summed E-state index contributed by atoms with van der Waals surface area (Å²) in [5, 5.41) is 3.29. The van der Waals surface area contributed by atoms with E-state index in [4.69, 9.17) is 4.74 Å². The Labute approximate surface area is 91.3 Å². The Morgan fingerprint density at radius 1 is 1.60 bits per heavy atom. The van der Waals surface area contributed by atoms with Gasteiger partial charge < -0.3 is 14.8 Å². The predicted molar refractivity (Wildman–Crippen MR) is 57.7 cm³/mol. The second-order valence-electron chi connectivity index (χ2n) is 4.08. The van der Waals surface area contributed by atoms with Gasteiger partial charge in [-0.15, -0.1) is 0 Å². The number of ether oxygens (including phenoxy) is 2. The van der Waals surface area contributed by atoms with E-state index >= 15 is 0 Å². The zero-order valence-electron chi connectivity index (χ0n) is 9.62. The molecule has 0 aliphatic carbocycles. The monoisotopic (exact) mass is 215 g/mol. The van der Waals surface area contributed by atoms with Crippen molar-refractivity contribution in [1.29, 1.82) is 0 Å². The molecule has 0 aromatic heterocycles. The first-order chi connectivity index (χ1) is 7.22. The number of rotatable bonds is 5. The second kappa shape index (κ2) is 6.80. The number of hydrogen-bond acceptors (Lipinski definition) is 4. The van der Waals surface area contributed by atoms with Crippen molar-refractivity contribution in [3.63, 3.8) is 0 Å². The van der Waals surface area contributed by atoms with E-state index in [1.807, 2.05) is 6.92 Å². The first-order valence-electron chi connectivity index (χ1n) is 5.64. The van der Waals surface area contributed by atoms with Gasteiger partial charge in [-0.25, -0.2) is 0 Å². The van der Waals surface area contributed by atoms with Gasteiger partial charge in [0.25, 0.3) is 0 Å². The van der Waals surface area contributed by atoms with Crippen LogP contribution in [0.5, 0.6) is 0 Å². The minimum atomic E-state index is -0.167. The molecular weight excluding hydrogens is 194 g/mol. The van der Waals surface area contributed by atoms with Crippen LogP contribution in [0.4, 0.5) is 0 Å². The second-order valence-corrected chi connectivity index (χ2v) is 4.08. The van der Waals surface area contributed by atoms with Gasteiger partial charge in [0.05, 0.1) is 19.6 Å². The number of esters is 1. The summed E-state index contributed by atoms with van der Waals surface area (Å²) in [5.74, 6) is -0.167. The van der Waals surface area contributed by atoms with Gasteiger partial charge in [-0.3, -0.25) is 4.79 Å². The Hall–Kier alpha value is -0.610. The van der Waals surface area contributed by atoms with E-state index in [0.717, 1.165) is 19.6 Å². The van der Waals surface area contributed by atoms with E-state index in [-0.39, 0.29) is 12.0 Å². The fraction of sp³-hybridized carbons (Fsp3) is 0.909. The van der Waals surface area contributed by atoms with Crippen molar-refractivity contribution in [2.75, 3.05) is 20.3 Å². The van der Waals surface area contributed by atoms with Gasteiger partial charge in [-0.05, 0) is 26.2 Å². The molecule has 4 heteroatoms. The van der Waals surface area contributed by atoms with Crippen molar-refractivity contribution in [3.8, 4) is 0 Å². The molecule has 0 saturated carbocycles. The van der Waals surface area contributed by atoms with Crippen LogP contribution in [-0.2, 0) is 14.3 Å². The summed E-state index contributed by atoms with van der Waals surface area (Å²) in [7, 11) is 1.42. The molecular formula is C11H21NO3. The molecule has 1 aliphatic rings. The molecule has 1 aliphatic heterocycles. The average molecular weight is 215 g/mol. The molecule has 1 rings (SSSR count). The van der Waals surface area contributed by atoms with Crippen molar-refractivity contribution in [2.45, 2.75) is 44.8 Å². The summed E-state index contributed by atoms with van der Waals surface area (Å²) < 4.78 is 10.2. The van der Waals surface area contributed by atoms with Crippen LogP contribution in [0.1, 0.15) is 32.6 Å². The molecule has 0 amide bonds. The SMILES string of the molecule is COC(=O)CC(C)NCC1CCCCO1. The highest BCUT2D eigenvalue weighted by Crippen LogP contribution is 2.11. The summed E-state index contributed by atoms with van der Waals surface area (Å²) in [6, 6.07) is 0.156. The average Bonchev–Trinajstić information content (AvgIpc) is 2.27. The van der Waals surface area contributed by atoms with Crippen LogP contribution in [0.2, 0.25) is 0 Å². The normalized spacial score (nSPS) is 23.5. The van der Waals surface area contributed by atoms with E-state index < -0.39 is 0 Å². The van der Waals surface area contributed by atoms with E-state index in [1.54, 1.807) is 0 Å². The van der Waals surface area contributed by atoms with Crippen LogP contribution in [0, 0.1) is 0 Å². The Bertz CT molecular complexity index is 190. The lowest BCUT2D eigenvalue weighted by molar-refractivity contribution is -0.141. The van der Waals surface area contributed by atoms with E-state index in [9.17, 15) is 4.79 Å². The van der Waals surface area contributed by atoms with Crippen LogP contribution in [0.15, 0.2) is 0 Å². The topological polar surface area (TPSA) is 47.6 Å². The lowest BCUT2D eigenvalue weighted by Crippen LogP contribution is -2.37. The molecule has 0 aromatic carbocycles. The summed E-state index contributed by atoms with van der Waals surface area (Å²) in [6.07, 6.45) is 4.28. The van der Waals surface area contributed by atoms with Crippen LogP contribution in [0.25, 0.3) is 0 Å².